The highest BCUT2D eigenvalue weighted by Crippen LogP contribution is 2.29. The van der Waals surface area contributed by atoms with Gasteiger partial charge >= 0.3 is 6.03 Å². The molecule has 8 nitrogen and oxygen atoms in total. The Kier molecular flexibility index (Phi) is 6.18. The summed E-state index contributed by atoms with van der Waals surface area (Å²) in [5, 5.41) is 7.13. The molecule has 162 valence electrons. The fourth-order valence-electron chi connectivity index (χ4n) is 3.72. The van der Waals surface area contributed by atoms with Crippen LogP contribution in [-0.2, 0) is 11.8 Å². The lowest BCUT2D eigenvalue weighted by molar-refractivity contribution is -0.0336. The van der Waals surface area contributed by atoms with Gasteiger partial charge in [0.15, 0.2) is 0 Å². The molecule has 1 unspecified atom stereocenters. The van der Waals surface area contributed by atoms with Gasteiger partial charge in [0.25, 0.3) is 0 Å². The summed E-state index contributed by atoms with van der Waals surface area (Å²) in [7, 11) is 1.90. The number of nitrogens with zero attached hydrogens (tertiary/aromatic N) is 4. The molecule has 3 heterocycles. The molecule has 4 rings (SSSR count). The maximum absolute atomic E-state index is 12.7. The van der Waals surface area contributed by atoms with Gasteiger partial charge in [-0.3, -0.25) is 10.00 Å². The van der Waals surface area contributed by atoms with Gasteiger partial charge in [0.1, 0.15) is 24.3 Å². The summed E-state index contributed by atoms with van der Waals surface area (Å²) in [6, 6.07) is 13.5. The number of carbonyl (C=O) groups is 1. The number of pyridine rings is 1. The van der Waals surface area contributed by atoms with Gasteiger partial charge < -0.3 is 14.4 Å². The van der Waals surface area contributed by atoms with Crippen LogP contribution in [0.4, 0.5) is 10.6 Å². The van der Waals surface area contributed by atoms with Crippen molar-refractivity contribution in [2.24, 2.45) is 7.05 Å². The quantitative estimate of drug-likeness (QED) is 0.683. The molecule has 1 atom stereocenters. The molecular formula is C23H27N5O3. The molecule has 31 heavy (non-hydrogen) atoms. The van der Waals surface area contributed by atoms with E-state index >= 15 is 0 Å². The lowest BCUT2D eigenvalue weighted by Crippen LogP contribution is -2.49. The van der Waals surface area contributed by atoms with Crippen molar-refractivity contribution in [3.05, 3.63) is 59.9 Å². The molecule has 1 aromatic carbocycles. The Morgan fingerprint density at radius 1 is 1.26 bits per heavy atom. The van der Waals surface area contributed by atoms with Crippen molar-refractivity contribution in [3.63, 3.8) is 0 Å². The molecule has 0 radical (unpaired) electrons. The molecule has 0 bridgehead atoms. The average Bonchev–Trinajstić information content (AvgIpc) is 3.17. The Morgan fingerprint density at radius 3 is 2.87 bits per heavy atom. The molecule has 1 aliphatic rings. The summed E-state index contributed by atoms with van der Waals surface area (Å²) in [6.07, 6.45) is 1.54. The van der Waals surface area contributed by atoms with E-state index in [2.05, 4.69) is 15.4 Å². The average molecular weight is 422 g/mol. The fourth-order valence-corrected chi connectivity index (χ4v) is 3.72. The van der Waals surface area contributed by atoms with Crippen LogP contribution in [0.25, 0.3) is 11.3 Å². The van der Waals surface area contributed by atoms with E-state index in [4.69, 9.17) is 9.47 Å². The van der Waals surface area contributed by atoms with Gasteiger partial charge in [0.05, 0.1) is 18.8 Å². The van der Waals surface area contributed by atoms with E-state index in [-0.39, 0.29) is 12.1 Å². The Hall–Kier alpha value is -3.39. The minimum absolute atomic E-state index is 0.180. The first-order valence-electron chi connectivity index (χ1n) is 10.3. The molecular weight excluding hydrogens is 394 g/mol. The number of anilines is 1. The van der Waals surface area contributed by atoms with Gasteiger partial charge in [-0.2, -0.15) is 5.10 Å². The van der Waals surface area contributed by atoms with E-state index in [1.807, 2.05) is 68.0 Å². The molecule has 0 spiro atoms. The van der Waals surface area contributed by atoms with E-state index in [1.165, 1.54) is 0 Å². The van der Waals surface area contributed by atoms with Gasteiger partial charge in [-0.1, -0.05) is 12.1 Å². The first kappa shape index (κ1) is 20.9. The van der Waals surface area contributed by atoms with E-state index in [9.17, 15) is 4.79 Å². The third-order valence-electron chi connectivity index (χ3n) is 5.17. The van der Waals surface area contributed by atoms with Crippen molar-refractivity contribution in [3.8, 4) is 17.0 Å². The third kappa shape index (κ3) is 5.03. The number of hydrogen-bond acceptors (Lipinski definition) is 5. The second-order valence-corrected chi connectivity index (χ2v) is 7.69. The van der Waals surface area contributed by atoms with E-state index in [1.54, 1.807) is 11.1 Å². The van der Waals surface area contributed by atoms with Crippen molar-refractivity contribution in [1.82, 2.24) is 19.7 Å². The van der Waals surface area contributed by atoms with Crippen LogP contribution in [0.5, 0.6) is 5.75 Å². The molecule has 8 heteroatoms. The SMILES string of the molecule is Cc1cc(C)nc(NC(=O)N2CCOC(COc3ccccc3-c3ccnn3C)C2)c1. The number of para-hydroxylation sites is 1. The molecule has 0 aliphatic carbocycles. The van der Waals surface area contributed by atoms with Crippen molar-refractivity contribution in [2.45, 2.75) is 20.0 Å². The minimum Gasteiger partial charge on any atom is -0.490 e. The summed E-state index contributed by atoms with van der Waals surface area (Å²) in [4.78, 5) is 18.8. The smallest absolute Gasteiger partial charge is 0.323 e. The van der Waals surface area contributed by atoms with Crippen LogP contribution in [0.2, 0.25) is 0 Å². The van der Waals surface area contributed by atoms with Crippen LogP contribution in [0.1, 0.15) is 11.3 Å². The standard InChI is InChI=1S/C23H27N5O3/c1-16-12-17(2)25-22(13-16)26-23(29)28-10-11-30-18(14-28)15-31-21-7-5-4-6-19(21)20-8-9-24-27(20)3/h4-9,12-13,18H,10-11,14-15H2,1-3H3,(H,25,26,29). The maximum Gasteiger partial charge on any atom is 0.323 e. The van der Waals surface area contributed by atoms with Crippen LogP contribution in [0.15, 0.2) is 48.7 Å². The number of hydrogen-bond donors (Lipinski definition) is 1. The zero-order chi connectivity index (χ0) is 21.8. The first-order chi connectivity index (χ1) is 15.0. The largest absolute Gasteiger partial charge is 0.490 e. The molecule has 1 fully saturated rings. The lowest BCUT2D eigenvalue weighted by atomic mass is 10.1. The van der Waals surface area contributed by atoms with Crippen LogP contribution < -0.4 is 10.1 Å². The Labute approximate surface area is 181 Å². The molecule has 0 saturated carbocycles. The van der Waals surface area contributed by atoms with Gasteiger partial charge in [0.2, 0.25) is 0 Å². The molecule has 2 aromatic heterocycles. The summed E-state index contributed by atoms with van der Waals surface area (Å²) < 4.78 is 13.8. The highest BCUT2D eigenvalue weighted by molar-refractivity contribution is 5.88. The highest BCUT2D eigenvalue weighted by Gasteiger charge is 2.25. The number of rotatable bonds is 5. The second kappa shape index (κ2) is 9.18. The van der Waals surface area contributed by atoms with Gasteiger partial charge in [-0.25, -0.2) is 9.78 Å². The third-order valence-corrected chi connectivity index (χ3v) is 5.17. The second-order valence-electron chi connectivity index (χ2n) is 7.69. The van der Waals surface area contributed by atoms with Crippen LogP contribution >= 0.6 is 0 Å². The fraction of sp³-hybridized carbons (Fsp3) is 0.348. The van der Waals surface area contributed by atoms with Gasteiger partial charge in [0, 0.05) is 31.0 Å². The zero-order valence-corrected chi connectivity index (χ0v) is 18.0. The Bertz CT molecular complexity index is 1040. The normalized spacial score (nSPS) is 16.2. The monoisotopic (exact) mass is 421 g/mol. The maximum atomic E-state index is 12.7. The highest BCUT2D eigenvalue weighted by atomic mass is 16.5. The summed E-state index contributed by atoms with van der Waals surface area (Å²) >= 11 is 0. The number of aryl methyl sites for hydroxylation is 3. The van der Waals surface area contributed by atoms with E-state index in [0.29, 0.717) is 32.1 Å². The predicted octanol–water partition coefficient (Wildman–Crippen LogP) is 3.41. The number of morpholine rings is 1. The number of aromatic nitrogens is 3. The predicted molar refractivity (Wildman–Crippen MR) is 118 cm³/mol. The zero-order valence-electron chi connectivity index (χ0n) is 18.0. The van der Waals surface area contributed by atoms with Gasteiger partial charge in [-0.05, 0) is 49.7 Å². The summed E-state index contributed by atoms with van der Waals surface area (Å²) in [5.74, 6) is 1.32. The number of carbonyl (C=O) groups excluding carboxylic acids is 1. The number of nitrogens with one attached hydrogen (secondary N) is 1. The van der Waals surface area contributed by atoms with E-state index < -0.39 is 0 Å². The minimum atomic E-state index is -0.216. The summed E-state index contributed by atoms with van der Waals surface area (Å²) in [6.45, 7) is 5.68. The lowest BCUT2D eigenvalue weighted by Gasteiger charge is -2.32. The van der Waals surface area contributed by atoms with Crippen molar-refractivity contribution in [2.75, 3.05) is 31.6 Å². The van der Waals surface area contributed by atoms with Gasteiger partial charge in [-0.15, -0.1) is 0 Å². The Balaban J connectivity index is 1.38. The number of ether oxygens (including phenoxy) is 2. The molecule has 3 aromatic rings. The van der Waals surface area contributed by atoms with Crippen molar-refractivity contribution < 1.29 is 14.3 Å². The molecule has 2 amide bonds. The van der Waals surface area contributed by atoms with Crippen LogP contribution in [0, 0.1) is 13.8 Å². The van der Waals surface area contributed by atoms with Crippen molar-refractivity contribution in [1.29, 1.82) is 0 Å². The number of benzene rings is 1. The first-order valence-corrected chi connectivity index (χ1v) is 10.3. The topological polar surface area (TPSA) is 81.5 Å². The van der Waals surface area contributed by atoms with Crippen LogP contribution in [-0.4, -0.2) is 58.1 Å². The molecule has 1 aliphatic heterocycles. The Morgan fingerprint density at radius 2 is 2.10 bits per heavy atom. The van der Waals surface area contributed by atoms with E-state index in [0.717, 1.165) is 28.3 Å². The van der Waals surface area contributed by atoms with Crippen molar-refractivity contribution >= 4 is 11.8 Å². The molecule has 1 N–H and O–H groups in total. The molecule has 1 saturated heterocycles. The number of urea groups is 1. The number of amides is 2. The summed E-state index contributed by atoms with van der Waals surface area (Å²) in [5.41, 5.74) is 3.87. The van der Waals surface area contributed by atoms with Crippen LogP contribution in [0.3, 0.4) is 0 Å².